The van der Waals surface area contributed by atoms with E-state index in [1.165, 1.54) is 0 Å². The van der Waals surface area contributed by atoms with E-state index in [0.29, 0.717) is 6.42 Å². The molecule has 0 radical (unpaired) electrons. The predicted octanol–water partition coefficient (Wildman–Crippen LogP) is 2.43. The van der Waals surface area contributed by atoms with Crippen LogP contribution >= 0.6 is 0 Å². The topological polar surface area (TPSA) is 66.4 Å². The fraction of sp³-hybridized carbons (Fsp3) is 0.846. The van der Waals surface area contributed by atoms with Crippen LogP contribution in [0.5, 0.6) is 0 Å². The highest BCUT2D eigenvalue weighted by Crippen LogP contribution is 2.17. The molecule has 0 aromatic heterocycles. The molecule has 0 aliphatic rings. The molecule has 0 aliphatic carbocycles. The van der Waals surface area contributed by atoms with Gasteiger partial charge in [0, 0.05) is 5.92 Å². The lowest BCUT2D eigenvalue weighted by molar-refractivity contribution is -0.143. The number of hydrogen-bond donors (Lipinski definition) is 2. The molecule has 0 heterocycles. The van der Waals surface area contributed by atoms with Crippen molar-refractivity contribution in [3.63, 3.8) is 0 Å². The fourth-order valence-electron chi connectivity index (χ4n) is 1.90. The first-order valence-electron chi connectivity index (χ1n) is 6.47. The van der Waals surface area contributed by atoms with Gasteiger partial charge in [-0.1, -0.05) is 40.5 Å². The molecule has 17 heavy (non-hydrogen) atoms. The fourth-order valence-corrected chi connectivity index (χ4v) is 1.90. The summed E-state index contributed by atoms with van der Waals surface area (Å²) in [4.78, 5) is 23.0. The van der Waals surface area contributed by atoms with E-state index >= 15 is 0 Å². The molecule has 0 aromatic carbocycles. The quantitative estimate of drug-likeness (QED) is 0.688. The number of carbonyl (C=O) groups is 2. The Hall–Kier alpha value is -1.06. The van der Waals surface area contributed by atoms with Crippen molar-refractivity contribution in [1.29, 1.82) is 0 Å². The number of carbonyl (C=O) groups excluding carboxylic acids is 1. The Morgan fingerprint density at radius 2 is 1.65 bits per heavy atom. The molecule has 0 bridgehead atoms. The Balaban J connectivity index is 4.50. The van der Waals surface area contributed by atoms with Crippen LogP contribution in [0.2, 0.25) is 0 Å². The molecule has 0 fully saturated rings. The summed E-state index contributed by atoms with van der Waals surface area (Å²) in [5.74, 6) is -0.911. The average molecular weight is 243 g/mol. The molecule has 0 aromatic rings. The van der Waals surface area contributed by atoms with Crippen LogP contribution in [0.1, 0.15) is 53.4 Å². The summed E-state index contributed by atoms with van der Waals surface area (Å²) >= 11 is 0. The van der Waals surface area contributed by atoms with Crippen LogP contribution in [0.15, 0.2) is 0 Å². The van der Waals surface area contributed by atoms with Crippen molar-refractivity contribution in [3.05, 3.63) is 0 Å². The maximum atomic E-state index is 12.0. The number of carboxylic acid groups (broad SMARTS) is 1. The molecule has 4 nitrogen and oxygen atoms in total. The van der Waals surface area contributed by atoms with Crippen LogP contribution < -0.4 is 5.32 Å². The molecule has 2 unspecified atom stereocenters. The Morgan fingerprint density at radius 3 is 2.00 bits per heavy atom. The van der Waals surface area contributed by atoms with Gasteiger partial charge in [-0.05, 0) is 18.8 Å². The zero-order valence-corrected chi connectivity index (χ0v) is 11.3. The standard InChI is InChI=1S/C13H25NO3/c1-5-7-10(9(3)4)12(15)14-11(8-6-2)13(16)17/h9-11H,5-8H2,1-4H3,(H,14,15)(H,16,17). The number of carboxylic acids is 1. The Labute approximate surface area is 104 Å². The molecule has 0 aliphatic heterocycles. The number of nitrogens with one attached hydrogen (secondary N) is 1. The normalized spacial score (nSPS) is 14.4. The second-order valence-corrected chi connectivity index (χ2v) is 4.83. The van der Waals surface area contributed by atoms with Crippen LogP contribution in [0, 0.1) is 11.8 Å². The lowest BCUT2D eigenvalue weighted by atomic mass is 9.90. The van der Waals surface area contributed by atoms with E-state index in [2.05, 4.69) is 5.32 Å². The summed E-state index contributed by atoms with van der Waals surface area (Å²) in [6, 6.07) is -0.745. The lowest BCUT2D eigenvalue weighted by Gasteiger charge is -2.22. The number of hydrogen-bond acceptors (Lipinski definition) is 2. The monoisotopic (exact) mass is 243 g/mol. The van der Waals surface area contributed by atoms with Crippen LogP contribution in [0.4, 0.5) is 0 Å². The number of rotatable bonds is 8. The van der Waals surface area contributed by atoms with E-state index in [-0.39, 0.29) is 17.7 Å². The second kappa shape index (κ2) is 8.09. The Morgan fingerprint density at radius 1 is 1.12 bits per heavy atom. The van der Waals surface area contributed by atoms with Gasteiger partial charge in [-0.25, -0.2) is 4.79 Å². The molecule has 1 amide bonds. The summed E-state index contributed by atoms with van der Waals surface area (Å²) in [5, 5.41) is 11.6. The van der Waals surface area contributed by atoms with Gasteiger partial charge in [-0.15, -0.1) is 0 Å². The molecule has 100 valence electrons. The largest absolute Gasteiger partial charge is 0.480 e. The first-order valence-corrected chi connectivity index (χ1v) is 6.47. The highest BCUT2D eigenvalue weighted by Gasteiger charge is 2.25. The van der Waals surface area contributed by atoms with Crippen molar-refractivity contribution in [1.82, 2.24) is 5.32 Å². The molecule has 0 rings (SSSR count). The summed E-state index contributed by atoms with van der Waals surface area (Å²) in [5.41, 5.74) is 0. The molecule has 2 atom stereocenters. The third kappa shape index (κ3) is 5.71. The zero-order chi connectivity index (χ0) is 13.4. The van der Waals surface area contributed by atoms with Crippen LogP contribution in [0.3, 0.4) is 0 Å². The summed E-state index contributed by atoms with van der Waals surface area (Å²) in [6.07, 6.45) is 2.97. The molecule has 0 saturated heterocycles. The van der Waals surface area contributed by atoms with Gasteiger partial charge in [0.2, 0.25) is 5.91 Å². The van der Waals surface area contributed by atoms with Crippen LogP contribution in [0.25, 0.3) is 0 Å². The molecule has 0 saturated carbocycles. The predicted molar refractivity (Wildman–Crippen MR) is 67.7 cm³/mol. The number of aliphatic carboxylic acids is 1. The number of amides is 1. The summed E-state index contributed by atoms with van der Waals surface area (Å²) in [6.45, 7) is 7.93. The zero-order valence-electron chi connectivity index (χ0n) is 11.3. The third-order valence-corrected chi connectivity index (χ3v) is 2.93. The van der Waals surface area contributed by atoms with Crippen molar-refractivity contribution in [2.75, 3.05) is 0 Å². The minimum absolute atomic E-state index is 0.0845. The molecule has 0 spiro atoms. The van der Waals surface area contributed by atoms with Gasteiger partial charge in [0.1, 0.15) is 6.04 Å². The molecule has 4 heteroatoms. The summed E-state index contributed by atoms with van der Waals surface area (Å²) in [7, 11) is 0. The highest BCUT2D eigenvalue weighted by molar-refractivity contribution is 5.85. The van der Waals surface area contributed by atoms with Crippen molar-refractivity contribution >= 4 is 11.9 Å². The van der Waals surface area contributed by atoms with E-state index in [9.17, 15) is 9.59 Å². The van der Waals surface area contributed by atoms with Crippen molar-refractivity contribution < 1.29 is 14.7 Å². The smallest absolute Gasteiger partial charge is 0.326 e. The van der Waals surface area contributed by atoms with Gasteiger partial charge in [-0.3, -0.25) is 4.79 Å². The van der Waals surface area contributed by atoms with E-state index < -0.39 is 12.0 Å². The average Bonchev–Trinajstić information content (AvgIpc) is 2.24. The maximum Gasteiger partial charge on any atom is 0.326 e. The Bertz CT molecular complexity index is 251. The van der Waals surface area contributed by atoms with Crippen LogP contribution in [-0.2, 0) is 9.59 Å². The summed E-state index contributed by atoms with van der Waals surface area (Å²) < 4.78 is 0. The second-order valence-electron chi connectivity index (χ2n) is 4.83. The Kier molecular flexibility index (Phi) is 7.59. The van der Waals surface area contributed by atoms with E-state index in [1.54, 1.807) is 0 Å². The van der Waals surface area contributed by atoms with Gasteiger partial charge < -0.3 is 10.4 Å². The highest BCUT2D eigenvalue weighted by atomic mass is 16.4. The molecule has 2 N–H and O–H groups in total. The first-order chi connectivity index (χ1) is 7.93. The SMILES string of the molecule is CCCC(NC(=O)C(CCC)C(C)C)C(=O)O. The molecular weight excluding hydrogens is 218 g/mol. The minimum Gasteiger partial charge on any atom is -0.480 e. The van der Waals surface area contributed by atoms with Crippen molar-refractivity contribution in [2.24, 2.45) is 11.8 Å². The van der Waals surface area contributed by atoms with Gasteiger partial charge in [-0.2, -0.15) is 0 Å². The minimum atomic E-state index is -0.945. The van der Waals surface area contributed by atoms with Gasteiger partial charge in [0.05, 0.1) is 0 Å². The first kappa shape index (κ1) is 15.9. The van der Waals surface area contributed by atoms with E-state index in [4.69, 9.17) is 5.11 Å². The third-order valence-electron chi connectivity index (χ3n) is 2.93. The van der Waals surface area contributed by atoms with Crippen molar-refractivity contribution in [3.8, 4) is 0 Å². The molecular formula is C13H25NO3. The van der Waals surface area contributed by atoms with E-state index in [0.717, 1.165) is 19.3 Å². The van der Waals surface area contributed by atoms with Crippen LogP contribution in [-0.4, -0.2) is 23.0 Å². The lowest BCUT2D eigenvalue weighted by Crippen LogP contribution is -2.44. The van der Waals surface area contributed by atoms with E-state index in [1.807, 2.05) is 27.7 Å². The van der Waals surface area contributed by atoms with Gasteiger partial charge in [0.25, 0.3) is 0 Å². The van der Waals surface area contributed by atoms with Gasteiger partial charge >= 0.3 is 5.97 Å². The van der Waals surface area contributed by atoms with Crippen molar-refractivity contribution in [2.45, 2.75) is 59.4 Å². The van der Waals surface area contributed by atoms with Gasteiger partial charge in [0.15, 0.2) is 0 Å². The maximum absolute atomic E-state index is 12.0.